The van der Waals surface area contributed by atoms with E-state index in [0.29, 0.717) is 13.0 Å². The largest absolute Gasteiger partial charge is 0.493 e. The molecule has 1 amide bonds. The normalized spacial score (nSPS) is 16.1. The van der Waals surface area contributed by atoms with Gasteiger partial charge in [0.2, 0.25) is 5.91 Å². The van der Waals surface area contributed by atoms with Gasteiger partial charge >= 0.3 is 0 Å². The Balaban J connectivity index is 1.70. The highest BCUT2D eigenvalue weighted by atomic mass is 79.9. The minimum atomic E-state index is 0.0282. The van der Waals surface area contributed by atoms with Crippen LogP contribution in [0.3, 0.4) is 0 Å². The van der Waals surface area contributed by atoms with Gasteiger partial charge in [-0.2, -0.15) is 0 Å². The topological polar surface area (TPSA) is 38.3 Å². The zero-order valence-electron chi connectivity index (χ0n) is 10.5. The molecule has 4 heteroatoms. The summed E-state index contributed by atoms with van der Waals surface area (Å²) in [6.07, 6.45) is 2.55. The number of carbonyl (C=O) groups excluding carboxylic acids is 1. The Morgan fingerprint density at radius 1 is 1.50 bits per heavy atom. The lowest BCUT2D eigenvalue weighted by molar-refractivity contribution is -0.122. The molecule has 3 nitrogen and oxygen atoms in total. The molecular formula is C14H18BrNO2. The molecule has 1 N–H and O–H groups in total. The molecule has 1 aromatic carbocycles. The summed E-state index contributed by atoms with van der Waals surface area (Å²) >= 11 is 3.43. The number of amides is 1. The van der Waals surface area contributed by atoms with Crippen molar-refractivity contribution in [1.29, 1.82) is 0 Å². The van der Waals surface area contributed by atoms with Crippen LogP contribution in [-0.4, -0.2) is 23.4 Å². The minimum Gasteiger partial charge on any atom is -0.493 e. The highest BCUT2D eigenvalue weighted by molar-refractivity contribution is 9.09. The molecule has 1 saturated carbocycles. The Bertz CT molecular complexity index is 430. The van der Waals surface area contributed by atoms with E-state index >= 15 is 0 Å². The average molecular weight is 312 g/mol. The number of ether oxygens (including phenoxy) is 1. The Labute approximate surface area is 116 Å². The van der Waals surface area contributed by atoms with Crippen molar-refractivity contribution in [2.45, 2.75) is 31.7 Å². The third-order valence-corrected chi connectivity index (χ3v) is 4.17. The monoisotopic (exact) mass is 311 g/mol. The molecule has 2 rings (SSSR count). The van der Waals surface area contributed by atoms with Gasteiger partial charge in [-0.1, -0.05) is 28.1 Å². The molecule has 0 unspecified atom stereocenters. The average Bonchev–Trinajstić information content (AvgIpc) is 3.09. The van der Waals surface area contributed by atoms with Crippen LogP contribution < -0.4 is 10.1 Å². The zero-order valence-corrected chi connectivity index (χ0v) is 12.1. The van der Waals surface area contributed by atoms with Crippen LogP contribution in [0, 0.1) is 6.92 Å². The number of hydrogen-bond donors (Lipinski definition) is 1. The first-order valence-corrected chi connectivity index (χ1v) is 7.32. The van der Waals surface area contributed by atoms with Gasteiger partial charge in [0, 0.05) is 10.9 Å². The summed E-state index contributed by atoms with van der Waals surface area (Å²) in [5.74, 6) is 0.893. The van der Waals surface area contributed by atoms with Crippen LogP contribution in [0.4, 0.5) is 0 Å². The van der Waals surface area contributed by atoms with Crippen LogP contribution in [0.2, 0.25) is 0 Å². The predicted octanol–water partition coefficient (Wildman–Crippen LogP) is 2.81. The molecule has 18 heavy (non-hydrogen) atoms. The van der Waals surface area contributed by atoms with E-state index in [1.807, 2.05) is 31.2 Å². The maximum Gasteiger partial charge on any atom is 0.223 e. The van der Waals surface area contributed by atoms with Crippen molar-refractivity contribution in [3.8, 4) is 5.75 Å². The second kappa shape index (κ2) is 5.74. The number of nitrogens with one attached hydrogen (secondary N) is 1. The van der Waals surface area contributed by atoms with Gasteiger partial charge in [0.05, 0.1) is 13.0 Å². The number of hydrogen-bond acceptors (Lipinski definition) is 2. The van der Waals surface area contributed by atoms with E-state index < -0.39 is 0 Å². The maximum atomic E-state index is 11.7. The molecule has 98 valence electrons. The molecular weight excluding hydrogens is 294 g/mol. The van der Waals surface area contributed by atoms with Crippen molar-refractivity contribution < 1.29 is 9.53 Å². The lowest BCUT2D eigenvalue weighted by Gasteiger charge is -2.14. The summed E-state index contributed by atoms with van der Waals surface area (Å²) in [7, 11) is 0. The second-order valence-electron chi connectivity index (χ2n) is 4.88. The summed E-state index contributed by atoms with van der Waals surface area (Å²) in [6.45, 7) is 2.44. The molecule has 0 atom stereocenters. The summed E-state index contributed by atoms with van der Waals surface area (Å²) in [4.78, 5) is 11.7. The van der Waals surface area contributed by atoms with Crippen LogP contribution in [0.25, 0.3) is 0 Å². The number of benzene rings is 1. The highest BCUT2D eigenvalue weighted by Crippen LogP contribution is 2.36. The first-order chi connectivity index (χ1) is 8.63. The van der Waals surface area contributed by atoms with Gasteiger partial charge in [-0.15, -0.1) is 0 Å². The number of rotatable bonds is 6. The SMILES string of the molecule is Cc1cccc(OCCC(=O)NC2(CBr)CC2)c1. The highest BCUT2D eigenvalue weighted by Gasteiger charge is 2.42. The number of halogens is 1. The summed E-state index contributed by atoms with van der Waals surface area (Å²) < 4.78 is 5.55. The molecule has 0 heterocycles. The number of carbonyl (C=O) groups is 1. The number of aryl methyl sites for hydroxylation is 1. The molecule has 1 aliphatic rings. The van der Waals surface area contributed by atoms with Gasteiger partial charge < -0.3 is 10.1 Å². The minimum absolute atomic E-state index is 0.0282. The fraction of sp³-hybridized carbons (Fsp3) is 0.500. The summed E-state index contributed by atoms with van der Waals surface area (Å²) in [5, 5.41) is 3.89. The first-order valence-electron chi connectivity index (χ1n) is 6.20. The van der Waals surface area contributed by atoms with Crippen molar-refractivity contribution in [3.63, 3.8) is 0 Å². The summed E-state index contributed by atoms with van der Waals surface area (Å²) in [5.41, 5.74) is 1.19. The molecule has 1 aliphatic carbocycles. The standard InChI is InChI=1S/C14H18BrNO2/c1-11-3-2-4-12(9-11)18-8-5-13(17)16-14(10-15)6-7-14/h2-4,9H,5-8,10H2,1H3,(H,16,17). The van der Waals surface area contributed by atoms with Gasteiger partial charge in [-0.05, 0) is 37.5 Å². The predicted molar refractivity (Wildman–Crippen MR) is 75.2 cm³/mol. The van der Waals surface area contributed by atoms with Crippen LogP contribution >= 0.6 is 15.9 Å². The molecule has 0 aromatic heterocycles. The molecule has 0 aliphatic heterocycles. The van der Waals surface area contributed by atoms with Gasteiger partial charge in [0.1, 0.15) is 5.75 Å². The third-order valence-electron chi connectivity index (χ3n) is 3.10. The van der Waals surface area contributed by atoms with E-state index in [1.54, 1.807) is 0 Å². The zero-order chi connectivity index (χ0) is 13.0. The molecule has 1 fully saturated rings. The lowest BCUT2D eigenvalue weighted by Crippen LogP contribution is -2.38. The quantitative estimate of drug-likeness (QED) is 0.820. The first kappa shape index (κ1) is 13.4. The van der Waals surface area contributed by atoms with Gasteiger partial charge in [-0.3, -0.25) is 4.79 Å². The fourth-order valence-corrected chi connectivity index (χ4v) is 2.47. The van der Waals surface area contributed by atoms with E-state index in [4.69, 9.17) is 4.74 Å². The van der Waals surface area contributed by atoms with Gasteiger partial charge in [-0.25, -0.2) is 0 Å². The van der Waals surface area contributed by atoms with Crippen LogP contribution in [0.15, 0.2) is 24.3 Å². The van der Waals surface area contributed by atoms with Crippen molar-refractivity contribution >= 4 is 21.8 Å². The van der Waals surface area contributed by atoms with Crippen LogP contribution in [-0.2, 0) is 4.79 Å². The van der Waals surface area contributed by atoms with Gasteiger partial charge in [0.25, 0.3) is 0 Å². The molecule has 0 radical (unpaired) electrons. The Morgan fingerprint density at radius 2 is 2.28 bits per heavy atom. The van der Waals surface area contributed by atoms with Crippen LogP contribution in [0.1, 0.15) is 24.8 Å². The van der Waals surface area contributed by atoms with Crippen molar-refractivity contribution in [2.75, 3.05) is 11.9 Å². The lowest BCUT2D eigenvalue weighted by atomic mass is 10.2. The molecule has 0 bridgehead atoms. The Morgan fingerprint density at radius 3 is 2.89 bits per heavy atom. The molecule has 0 spiro atoms. The molecule has 0 saturated heterocycles. The smallest absolute Gasteiger partial charge is 0.223 e. The van der Waals surface area contributed by atoms with E-state index in [0.717, 1.165) is 29.5 Å². The fourth-order valence-electron chi connectivity index (χ4n) is 1.77. The Hall–Kier alpha value is -1.03. The Kier molecular flexibility index (Phi) is 4.27. The number of alkyl halides is 1. The van der Waals surface area contributed by atoms with E-state index in [9.17, 15) is 4.79 Å². The van der Waals surface area contributed by atoms with Crippen molar-refractivity contribution in [1.82, 2.24) is 5.32 Å². The van der Waals surface area contributed by atoms with Crippen molar-refractivity contribution in [2.24, 2.45) is 0 Å². The van der Waals surface area contributed by atoms with E-state index in [-0.39, 0.29) is 11.4 Å². The summed E-state index contributed by atoms with van der Waals surface area (Å²) in [6, 6.07) is 7.85. The van der Waals surface area contributed by atoms with Crippen LogP contribution in [0.5, 0.6) is 5.75 Å². The van der Waals surface area contributed by atoms with Crippen molar-refractivity contribution in [3.05, 3.63) is 29.8 Å². The maximum absolute atomic E-state index is 11.7. The van der Waals surface area contributed by atoms with E-state index in [1.165, 1.54) is 0 Å². The van der Waals surface area contributed by atoms with Gasteiger partial charge in [0.15, 0.2) is 0 Å². The van der Waals surface area contributed by atoms with E-state index in [2.05, 4.69) is 21.2 Å². The molecule has 1 aromatic rings. The third kappa shape index (κ3) is 3.73. The second-order valence-corrected chi connectivity index (χ2v) is 5.44.